The van der Waals surface area contributed by atoms with Gasteiger partial charge in [-0.1, -0.05) is 31.5 Å². The van der Waals surface area contributed by atoms with Crippen LogP contribution in [0.4, 0.5) is 4.39 Å². The third-order valence-electron chi connectivity index (χ3n) is 4.88. The molecule has 168 valence electrons. The summed E-state index contributed by atoms with van der Waals surface area (Å²) in [5, 5.41) is 5.71. The fraction of sp³-hybridized carbons (Fsp3) is 0.318. The van der Waals surface area contributed by atoms with Gasteiger partial charge in [-0.15, -0.1) is 0 Å². The second kappa shape index (κ2) is 10.0. The summed E-state index contributed by atoms with van der Waals surface area (Å²) in [6.45, 7) is 5.33. The molecule has 10 heteroatoms. The monoisotopic (exact) mass is 460 g/mol. The molecule has 1 heterocycles. The van der Waals surface area contributed by atoms with E-state index < -0.39 is 36.7 Å². The molecule has 2 aromatic carbocycles. The molecule has 2 aromatic rings. The predicted molar refractivity (Wildman–Crippen MR) is 118 cm³/mol. The maximum Gasteiger partial charge on any atom is 0.620 e. The van der Waals surface area contributed by atoms with Gasteiger partial charge in [0.25, 0.3) is 5.91 Å². The number of benzene rings is 2. The van der Waals surface area contributed by atoms with Crippen molar-refractivity contribution in [1.82, 2.24) is 10.6 Å². The highest BCUT2D eigenvalue weighted by Gasteiger charge is 2.42. The van der Waals surface area contributed by atoms with E-state index in [0.29, 0.717) is 17.0 Å². The summed E-state index contributed by atoms with van der Waals surface area (Å²) in [7, 11) is -1.13. The third-order valence-corrected chi connectivity index (χ3v) is 5.12. The van der Waals surface area contributed by atoms with Crippen LogP contribution in [0.5, 0.6) is 5.75 Å². The number of carbonyl (C=O) groups is 3. The molecule has 2 N–H and O–H groups in total. The first kappa shape index (κ1) is 23.6. The third kappa shape index (κ3) is 5.79. The second-order valence-corrected chi connectivity index (χ2v) is 8.41. The minimum Gasteiger partial charge on any atom is -0.524 e. The van der Waals surface area contributed by atoms with Gasteiger partial charge in [0, 0.05) is 16.7 Å². The van der Waals surface area contributed by atoms with Crippen molar-refractivity contribution >= 4 is 36.5 Å². The Kier molecular flexibility index (Phi) is 7.40. The molecule has 2 amide bonds. The summed E-state index contributed by atoms with van der Waals surface area (Å²) in [6.07, 6.45) is 0.426. The van der Waals surface area contributed by atoms with Crippen LogP contribution in [0, 0.1) is 18.7 Å². The van der Waals surface area contributed by atoms with Gasteiger partial charge >= 0.3 is 13.1 Å². The highest BCUT2D eigenvalue weighted by Crippen LogP contribution is 2.27. The molecule has 0 saturated carbocycles. The van der Waals surface area contributed by atoms with Crippen LogP contribution in [0.2, 0.25) is 5.02 Å². The summed E-state index contributed by atoms with van der Waals surface area (Å²) < 4.78 is 24.6. The molecule has 1 aliphatic heterocycles. The van der Waals surface area contributed by atoms with E-state index in [4.69, 9.17) is 20.9 Å². The van der Waals surface area contributed by atoms with Crippen molar-refractivity contribution in [2.24, 2.45) is 5.92 Å². The average Bonchev–Trinajstić information content (AvgIpc) is 2.72. The van der Waals surface area contributed by atoms with Crippen molar-refractivity contribution in [1.29, 1.82) is 0 Å². The van der Waals surface area contributed by atoms with E-state index in [-0.39, 0.29) is 23.8 Å². The number of amides is 2. The normalized spacial score (nSPS) is 13.7. The lowest BCUT2D eigenvalue weighted by Crippen LogP contribution is -2.55. The summed E-state index contributed by atoms with van der Waals surface area (Å²) in [5.74, 6) is -2.67. The SMILES string of the molecule is Cc1ccc(Cl)cc1C(=O)NCC(=O)N[C@@H](CC(C)C)B1OC(=O)c2ccc(F)cc2O1. The van der Waals surface area contributed by atoms with Crippen LogP contribution < -0.4 is 15.3 Å². The molecule has 0 aromatic heterocycles. The lowest BCUT2D eigenvalue weighted by Gasteiger charge is -2.29. The van der Waals surface area contributed by atoms with Gasteiger partial charge in [-0.05, 0) is 49.1 Å². The minimum absolute atomic E-state index is 0.0546. The van der Waals surface area contributed by atoms with Crippen LogP contribution >= 0.6 is 11.6 Å². The number of halogens is 2. The Morgan fingerprint density at radius 3 is 2.62 bits per heavy atom. The van der Waals surface area contributed by atoms with Crippen molar-refractivity contribution < 1.29 is 28.1 Å². The van der Waals surface area contributed by atoms with Gasteiger partial charge in [-0.2, -0.15) is 0 Å². The van der Waals surface area contributed by atoms with Crippen molar-refractivity contribution in [3.05, 3.63) is 63.9 Å². The number of aryl methyl sites for hydroxylation is 1. The van der Waals surface area contributed by atoms with Gasteiger partial charge in [0.1, 0.15) is 11.6 Å². The first-order valence-corrected chi connectivity index (χ1v) is 10.5. The topological polar surface area (TPSA) is 93.7 Å². The van der Waals surface area contributed by atoms with E-state index in [1.807, 2.05) is 13.8 Å². The van der Waals surface area contributed by atoms with E-state index in [1.165, 1.54) is 12.1 Å². The Labute approximate surface area is 190 Å². The Bertz CT molecular complexity index is 1050. The van der Waals surface area contributed by atoms with E-state index >= 15 is 0 Å². The van der Waals surface area contributed by atoms with Gasteiger partial charge < -0.3 is 19.9 Å². The van der Waals surface area contributed by atoms with Gasteiger partial charge in [0.05, 0.1) is 18.0 Å². The number of nitrogens with one attached hydrogen (secondary N) is 2. The fourth-order valence-corrected chi connectivity index (χ4v) is 3.52. The molecule has 1 aliphatic rings. The Morgan fingerprint density at radius 1 is 1.16 bits per heavy atom. The van der Waals surface area contributed by atoms with Crippen LogP contribution in [0.1, 0.15) is 46.5 Å². The number of hydrogen-bond donors (Lipinski definition) is 2. The Hall–Kier alpha value is -3.07. The molecular weight excluding hydrogens is 438 g/mol. The maximum absolute atomic E-state index is 13.6. The van der Waals surface area contributed by atoms with Crippen LogP contribution in [0.25, 0.3) is 0 Å². The molecule has 7 nitrogen and oxygen atoms in total. The molecular formula is C22H23BClFN2O5. The fourth-order valence-electron chi connectivity index (χ4n) is 3.34. The summed E-state index contributed by atoms with van der Waals surface area (Å²) in [6, 6.07) is 8.44. The Balaban J connectivity index is 1.66. The molecule has 0 radical (unpaired) electrons. The zero-order valence-corrected chi connectivity index (χ0v) is 18.7. The zero-order valence-electron chi connectivity index (χ0n) is 17.9. The average molecular weight is 461 g/mol. The van der Waals surface area contributed by atoms with Gasteiger partial charge in [-0.3, -0.25) is 9.59 Å². The maximum atomic E-state index is 13.6. The number of hydrogen-bond acceptors (Lipinski definition) is 5. The van der Waals surface area contributed by atoms with E-state index in [0.717, 1.165) is 17.7 Å². The molecule has 0 fully saturated rings. The van der Waals surface area contributed by atoms with Crippen LogP contribution in [0.15, 0.2) is 36.4 Å². The quantitative estimate of drug-likeness (QED) is 0.618. The van der Waals surface area contributed by atoms with E-state index in [9.17, 15) is 18.8 Å². The minimum atomic E-state index is -1.13. The molecule has 0 unspecified atom stereocenters. The Morgan fingerprint density at radius 2 is 1.91 bits per heavy atom. The second-order valence-electron chi connectivity index (χ2n) is 7.98. The lowest BCUT2D eigenvalue weighted by atomic mass is 9.72. The van der Waals surface area contributed by atoms with E-state index in [2.05, 4.69) is 10.6 Å². The highest BCUT2D eigenvalue weighted by atomic mass is 35.5. The van der Waals surface area contributed by atoms with Gasteiger partial charge in [0.2, 0.25) is 5.91 Å². The standard InChI is InChI=1S/C22H23BClFN2O5/c1-12(2)8-19(23-31-18-10-15(25)6-7-16(18)22(30)32-23)27-20(28)11-26-21(29)17-9-14(24)5-4-13(17)3/h4-7,9-10,12,19H,8,11H2,1-3H3,(H,26,29)(H,27,28)/t19-/m0/s1. The molecule has 0 bridgehead atoms. The van der Waals surface area contributed by atoms with Gasteiger partial charge in [-0.25, -0.2) is 9.18 Å². The summed E-state index contributed by atoms with van der Waals surface area (Å²) >= 11 is 5.95. The molecule has 32 heavy (non-hydrogen) atoms. The largest absolute Gasteiger partial charge is 0.620 e. The van der Waals surface area contributed by atoms with Crippen LogP contribution in [-0.2, 0) is 9.45 Å². The molecule has 0 spiro atoms. The first-order chi connectivity index (χ1) is 15.1. The molecule has 0 aliphatic carbocycles. The summed E-state index contributed by atoms with van der Waals surface area (Å²) in [5.41, 5.74) is 1.20. The smallest absolute Gasteiger partial charge is 0.524 e. The number of carbonyl (C=O) groups excluding carboxylic acids is 3. The zero-order chi connectivity index (χ0) is 23.4. The predicted octanol–water partition coefficient (Wildman–Crippen LogP) is 3.33. The highest BCUT2D eigenvalue weighted by molar-refractivity contribution is 6.51. The number of rotatable bonds is 7. The van der Waals surface area contributed by atoms with Crippen molar-refractivity contribution in [3.63, 3.8) is 0 Å². The molecule has 0 saturated heterocycles. The van der Waals surface area contributed by atoms with Gasteiger partial charge in [0.15, 0.2) is 0 Å². The molecule has 1 atom stereocenters. The number of fused-ring (bicyclic) bond motifs is 1. The first-order valence-electron chi connectivity index (χ1n) is 10.1. The van der Waals surface area contributed by atoms with Crippen LogP contribution in [0.3, 0.4) is 0 Å². The van der Waals surface area contributed by atoms with Crippen molar-refractivity contribution in [2.75, 3.05) is 6.54 Å². The molecule has 3 rings (SSSR count). The van der Waals surface area contributed by atoms with Crippen molar-refractivity contribution in [3.8, 4) is 5.75 Å². The van der Waals surface area contributed by atoms with E-state index in [1.54, 1.807) is 19.1 Å². The van der Waals surface area contributed by atoms with Crippen molar-refractivity contribution in [2.45, 2.75) is 33.1 Å². The van der Waals surface area contributed by atoms with Crippen LogP contribution in [-0.4, -0.2) is 37.4 Å². The lowest BCUT2D eigenvalue weighted by molar-refractivity contribution is -0.120. The summed E-state index contributed by atoms with van der Waals surface area (Å²) in [4.78, 5) is 37.3.